The van der Waals surface area contributed by atoms with Gasteiger partial charge in [0.05, 0.1) is 24.7 Å². The number of carbonyl (C=O) groups is 1. The van der Waals surface area contributed by atoms with E-state index in [9.17, 15) is 14.9 Å². The summed E-state index contributed by atoms with van der Waals surface area (Å²) in [6, 6.07) is 10.8. The van der Waals surface area contributed by atoms with Crippen molar-refractivity contribution in [2.45, 2.75) is 6.42 Å². The lowest BCUT2D eigenvalue weighted by Crippen LogP contribution is -2.19. The molecule has 0 aliphatic carbocycles. The zero-order valence-corrected chi connectivity index (χ0v) is 14.5. The minimum atomic E-state index is -0.498. The molecule has 1 amide bonds. The van der Waals surface area contributed by atoms with E-state index in [1.165, 1.54) is 37.6 Å². The van der Waals surface area contributed by atoms with Crippen molar-refractivity contribution >= 4 is 17.8 Å². The van der Waals surface area contributed by atoms with Crippen LogP contribution in [0.15, 0.2) is 47.6 Å². The summed E-state index contributed by atoms with van der Waals surface area (Å²) < 4.78 is 10.6. The highest BCUT2D eigenvalue weighted by Gasteiger charge is 2.07. The first-order valence-corrected chi connectivity index (χ1v) is 7.83. The van der Waals surface area contributed by atoms with Crippen LogP contribution >= 0.6 is 0 Å². The second kappa shape index (κ2) is 9.58. The van der Waals surface area contributed by atoms with E-state index in [1.807, 2.05) is 0 Å². The van der Waals surface area contributed by atoms with Crippen molar-refractivity contribution in [1.29, 1.82) is 0 Å². The van der Waals surface area contributed by atoms with Crippen molar-refractivity contribution in [2.75, 3.05) is 13.7 Å². The number of nitrogens with zero attached hydrogens (tertiary/aromatic N) is 2. The zero-order chi connectivity index (χ0) is 19.6. The molecule has 1 N–H and O–H groups in total. The number of hydrazone groups is 1. The Morgan fingerprint density at radius 1 is 1.33 bits per heavy atom. The molecule has 2 aromatic rings. The van der Waals surface area contributed by atoms with Gasteiger partial charge in [-0.1, -0.05) is 18.1 Å². The van der Waals surface area contributed by atoms with Crippen molar-refractivity contribution in [2.24, 2.45) is 5.10 Å². The molecule has 0 aliphatic rings. The van der Waals surface area contributed by atoms with Crippen LogP contribution in [0.4, 0.5) is 5.69 Å². The highest BCUT2D eigenvalue weighted by atomic mass is 16.6. The maximum absolute atomic E-state index is 12.0. The number of hydrogen-bond donors (Lipinski definition) is 1. The molecule has 0 heterocycles. The summed E-state index contributed by atoms with van der Waals surface area (Å²) in [5, 5.41) is 14.5. The highest BCUT2D eigenvalue weighted by molar-refractivity contribution is 5.86. The molecule has 2 aromatic carbocycles. The van der Waals surface area contributed by atoms with Crippen LogP contribution in [0.25, 0.3) is 0 Å². The average molecular weight is 367 g/mol. The van der Waals surface area contributed by atoms with E-state index in [1.54, 1.807) is 18.2 Å². The Kier molecular flexibility index (Phi) is 6.91. The predicted molar refractivity (Wildman–Crippen MR) is 99.9 cm³/mol. The van der Waals surface area contributed by atoms with Gasteiger partial charge >= 0.3 is 0 Å². The quantitative estimate of drug-likeness (QED) is 0.334. The number of ether oxygens (including phenoxy) is 2. The first-order valence-electron chi connectivity index (χ1n) is 7.83. The van der Waals surface area contributed by atoms with E-state index in [-0.39, 0.29) is 24.6 Å². The number of amides is 1. The number of hydrogen-bond acceptors (Lipinski definition) is 6. The molecule has 0 atom stereocenters. The van der Waals surface area contributed by atoms with Crippen LogP contribution in [0.2, 0.25) is 0 Å². The second-order valence-electron chi connectivity index (χ2n) is 5.29. The third-order valence-corrected chi connectivity index (χ3v) is 3.43. The number of non-ortho nitro benzene ring substituents is 1. The van der Waals surface area contributed by atoms with E-state index in [0.717, 1.165) is 0 Å². The number of terminal acetylenes is 1. The molecular weight excluding hydrogens is 350 g/mol. The third kappa shape index (κ3) is 5.86. The Labute approximate surface area is 155 Å². The fraction of sp³-hybridized carbons (Fsp3) is 0.158. The molecule has 0 bridgehead atoms. The molecule has 2 rings (SSSR count). The van der Waals surface area contributed by atoms with E-state index in [2.05, 4.69) is 16.4 Å². The van der Waals surface area contributed by atoms with E-state index < -0.39 is 4.92 Å². The lowest BCUT2D eigenvalue weighted by molar-refractivity contribution is -0.384. The Balaban J connectivity index is 2.00. The second-order valence-corrected chi connectivity index (χ2v) is 5.29. The normalized spacial score (nSPS) is 10.2. The Morgan fingerprint density at radius 2 is 2.07 bits per heavy atom. The van der Waals surface area contributed by atoms with E-state index in [0.29, 0.717) is 22.6 Å². The molecule has 27 heavy (non-hydrogen) atoms. The fourth-order valence-electron chi connectivity index (χ4n) is 2.14. The summed E-state index contributed by atoms with van der Waals surface area (Å²) in [6.45, 7) is 0.0969. The van der Waals surface area contributed by atoms with Gasteiger partial charge in [-0.25, -0.2) is 5.43 Å². The van der Waals surface area contributed by atoms with Crippen molar-refractivity contribution in [3.63, 3.8) is 0 Å². The van der Waals surface area contributed by atoms with E-state index in [4.69, 9.17) is 15.9 Å². The summed E-state index contributed by atoms with van der Waals surface area (Å²) in [4.78, 5) is 22.1. The van der Waals surface area contributed by atoms with Gasteiger partial charge in [0.25, 0.3) is 5.69 Å². The molecule has 8 heteroatoms. The van der Waals surface area contributed by atoms with Crippen molar-refractivity contribution in [1.82, 2.24) is 5.43 Å². The first kappa shape index (κ1) is 19.5. The Bertz CT molecular complexity index is 885. The van der Waals surface area contributed by atoms with Gasteiger partial charge in [0.2, 0.25) is 5.91 Å². The molecule has 0 radical (unpaired) electrons. The molecule has 0 unspecified atom stereocenters. The van der Waals surface area contributed by atoms with Crippen LogP contribution in [-0.2, 0) is 11.2 Å². The predicted octanol–water partition coefficient (Wildman–Crippen LogP) is 2.31. The first-order chi connectivity index (χ1) is 13.0. The minimum Gasteiger partial charge on any atom is -0.497 e. The number of nitro groups is 1. The van der Waals surface area contributed by atoms with Gasteiger partial charge in [-0.2, -0.15) is 5.10 Å². The summed E-state index contributed by atoms with van der Waals surface area (Å²) in [5.41, 5.74) is 3.58. The van der Waals surface area contributed by atoms with Crippen LogP contribution in [0.5, 0.6) is 11.5 Å². The fourth-order valence-corrected chi connectivity index (χ4v) is 2.14. The van der Waals surface area contributed by atoms with E-state index >= 15 is 0 Å². The molecule has 0 saturated heterocycles. The third-order valence-electron chi connectivity index (χ3n) is 3.43. The van der Waals surface area contributed by atoms with Crippen molar-refractivity contribution in [3.8, 4) is 23.8 Å². The molecular formula is C19H17N3O5. The molecule has 138 valence electrons. The number of methoxy groups -OCH3 is 1. The van der Waals surface area contributed by atoms with Crippen LogP contribution in [-0.4, -0.2) is 30.8 Å². The van der Waals surface area contributed by atoms with Crippen molar-refractivity contribution in [3.05, 3.63) is 63.7 Å². The Morgan fingerprint density at radius 3 is 2.70 bits per heavy atom. The van der Waals surface area contributed by atoms with Gasteiger partial charge in [-0.05, 0) is 23.8 Å². The largest absolute Gasteiger partial charge is 0.497 e. The zero-order valence-electron chi connectivity index (χ0n) is 14.5. The van der Waals surface area contributed by atoms with Crippen LogP contribution in [0.1, 0.15) is 11.1 Å². The van der Waals surface area contributed by atoms with Gasteiger partial charge in [0.1, 0.15) is 18.1 Å². The molecule has 0 spiro atoms. The monoisotopic (exact) mass is 367 g/mol. The number of benzene rings is 2. The SMILES string of the molecule is C#CCOc1ccc(OC)cc1/C=N\NC(=O)Cc1ccc([N+](=O)[O-])cc1. The molecule has 0 fully saturated rings. The summed E-state index contributed by atoms with van der Waals surface area (Å²) in [7, 11) is 1.53. The summed E-state index contributed by atoms with van der Waals surface area (Å²) >= 11 is 0. The number of rotatable bonds is 8. The molecule has 0 saturated carbocycles. The van der Waals surface area contributed by atoms with Crippen LogP contribution < -0.4 is 14.9 Å². The van der Waals surface area contributed by atoms with Gasteiger partial charge in [0, 0.05) is 17.7 Å². The van der Waals surface area contributed by atoms with Gasteiger partial charge in [-0.3, -0.25) is 14.9 Å². The Hall–Kier alpha value is -3.86. The van der Waals surface area contributed by atoms with Crippen LogP contribution in [0, 0.1) is 22.5 Å². The smallest absolute Gasteiger partial charge is 0.269 e. The minimum absolute atomic E-state index is 0.0327. The molecule has 8 nitrogen and oxygen atoms in total. The standard InChI is InChI=1S/C19H17N3O5/c1-3-10-27-18-9-8-17(26-2)12-15(18)13-20-21-19(23)11-14-4-6-16(7-5-14)22(24)25/h1,4-9,12-13H,10-11H2,2H3,(H,21,23)/b20-13-. The van der Waals surface area contributed by atoms with Crippen molar-refractivity contribution < 1.29 is 19.2 Å². The number of nitrogens with one attached hydrogen (secondary N) is 1. The van der Waals surface area contributed by atoms with Gasteiger partial charge in [-0.15, -0.1) is 6.42 Å². The topological polar surface area (TPSA) is 103 Å². The van der Waals surface area contributed by atoms with Crippen LogP contribution in [0.3, 0.4) is 0 Å². The summed E-state index contributed by atoms with van der Waals surface area (Å²) in [6.07, 6.45) is 6.65. The lowest BCUT2D eigenvalue weighted by atomic mass is 10.1. The molecule has 0 aliphatic heterocycles. The average Bonchev–Trinajstić information content (AvgIpc) is 2.67. The maximum Gasteiger partial charge on any atom is 0.269 e. The number of nitro benzene ring substituents is 1. The maximum atomic E-state index is 12.0. The number of carbonyl (C=O) groups excluding carboxylic acids is 1. The summed E-state index contributed by atoms with van der Waals surface area (Å²) in [5.74, 6) is 3.11. The highest BCUT2D eigenvalue weighted by Crippen LogP contribution is 2.22. The van der Waals surface area contributed by atoms with Gasteiger partial charge in [0.15, 0.2) is 0 Å². The van der Waals surface area contributed by atoms with Gasteiger partial charge < -0.3 is 9.47 Å². The lowest BCUT2D eigenvalue weighted by Gasteiger charge is -2.08. The molecule has 0 aromatic heterocycles.